The molecule has 3 aromatic rings. The first kappa shape index (κ1) is 13.1. The van der Waals surface area contributed by atoms with Crippen molar-refractivity contribution < 1.29 is 0 Å². The molecular weight excluding hydrogens is 262 g/mol. The van der Waals surface area contributed by atoms with E-state index in [9.17, 15) is 0 Å². The summed E-state index contributed by atoms with van der Waals surface area (Å²) >= 11 is 0. The van der Waals surface area contributed by atoms with E-state index >= 15 is 0 Å². The summed E-state index contributed by atoms with van der Waals surface area (Å²) in [7, 11) is 0. The average Bonchev–Trinajstić information content (AvgIpc) is 2.47. The van der Waals surface area contributed by atoms with Gasteiger partial charge in [0.15, 0.2) is 5.96 Å². The number of nitrogens with zero attached hydrogens (tertiary/aromatic N) is 3. The largest absolute Gasteiger partial charge is 0.370 e. The maximum atomic E-state index is 5.39. The number of aliphatic imine (C=N–C) groups is 1. The first-order valence-electron chi connectivity index (χ1n) is 6.57. The molecule has 0 aliphatic heterocycles. The summed E-state index contributed by atoms with van der Waals surface area (Å²) in [5, 5.41) is 0.990. The first-order valence-corrected chi connectivity index (χ1v) is 6.57. The number of fused-ring (bicyclic) bond motifs is 1. The van der Waals surface area contributed by atoms with Crippen LogP contribution in [0.3, 0.4) is 0 Å². The smallest absolute Gasteiger partial charge is 0.253 e. The second kappa shape index (κ2) is 5.20. The quantitative estimate of drug-likeness (QED) is 0.556. The molecule has 3 rings (SSSR count). The zero-order valence-corrected chi connectivity index (χ0v) is 11.6. The van der Waals surface area contributed by atoms with Gasteiger partial charge in [-0.3, -0.25) is 0 Å². The Morgan fingerprint density at radius 3 is 2.43 bits per heavy atom. The van der Waals surface area contributed by atoms with Crippen molar-refractivity contribution in [2.75, 3.05) is 0 Å². The Hall–Kier alpha value is -2.95. The standard InChI is InChI=1S/C16H15N5/c1-10-13-8-7-12(11-5-3-2-4-6-11)9-14(13)20-16(19-10)21-15(17)18/h2-9H,1H3,(H4,17,18,19,20,21). The van der Waals surface area contributed by atoms with Gasteiger partial charge in [0, 0.05) is 5.39 Å². The van der Waals surface area contributed by atoms with Gasteiger partial charge >= 0.3 is 0 Å². The third-order valence-corrected chi connectivity index (χ3v) is 3.21. The summed E-state index contributed by atoms with van der Waals surface area (Å²) in [6.07, 6.45) is 0. The Morgan fingerprint density at radius 1 is 0.952 bits per heavy atom. The van der Waals surface area contributed by atoms with Crippen molar-refractivity contribution in [2.45, 2.75) is 6.92 Å². The molecule has 0 spiro atoms. The molecule has 4 N–H and O–H groups in total. The van der Waals surface area contributed by atoms with E-state index in [0.29, 0.717) is 0 Å². The first-order chi connectivity index (χ1) is 10.1. The molecule has 1 aromatic heterocycles. The number of hydrogen-bond donors (Lipinski definition) is 2. The van der Waals surface area contributed by atoms with Gasteiger partial charge in [0.2, 0.25) is 0 Å². The SMILES string of the molecule is Cc1nc(N=C(N)N)nc2cc(-c3ccccc3)ccc12. The van der Waals surface area contributed by atoms with E-state index in [1.807, 2.05) is 37.3 Å². The lowest BCUT2D eigenvalue weighted by Gasteiger charge is -2.06. The van der Waals surface area contributed by atoms with Gasteiger partial charge in [0.1, 0.15) is 0 Å². The van der Waals surface area contributed by atoms with Crippen molar-refractivity contribution in [3.8, 4) is 11.1 Å². The zero-order valence-electron chi connectivity index (χ0n) is 11.6. The average molecular weight is 277 g/mol. The van der Waals surface area contributed by atoms with Gasteiger partial charge in [0.25, 0.3) is 5.95 Å². The van der Waals surface area contributed by atoms with E-state index in [-0.39, 0.29) is 11.9 Å². The number of hydrogen-bond acceptors (Lipinski definition) is 3. The van der Waals surface area contributed by atoms with Gasteiger partial charge in [-0.15, -0.1) is 0 Å². The van der Waals surface area contributed by atoms with Crippen molar-refractivity contribution in [3.63, 3.8) is 0 Å². The maximum Gasteiger partial charge on any atom is 0.253 e. The third kappa shape index (κ3) is 2.67. The highest BCUT2D eigenvalue weighted by Gasteiger charge is 2.06. The Balaban J connectivity index is 2.18. The Labute approximate surface area is 122 Å². The van der Waals surface area contributed by atoms with Crippen LogP contribution in [-0.4, -0.2) is 15.9 Å². The van der Waals surface area contributed by atoms with Crippen LogP contribution in [0.25, 0.3) is 22.0 Å². The topological polar surface area (TPSA) is 90.2 Å². The molecule has 0 saturated carbocycles. The maximum absolute atomic E-state index is 5.39. The highest BCUT2D eigenvalue weighted by molar-refractivity contribution is 5.87. The molecule has 0 bridgehead atoms. The summed E-state index contributed by atoms with van der Waals surface area (Å²) in [6, 6.07) is 16.2. The second-order valence-corrected chi connectivity index (χ2v) is 4.74. The van der Waals surface area contributed by atoms with Crippen LogP contribution in [0.4, 0.5) is 5.95 Å². The number of nitrogens with two attached hydrogens (primary N) is 2. The predicted octanol–water partition coefficient (Wildman–Crippen LogP) is 2.51. The van der Waals surface area contributed by atoms with Gasteiger partial charge in [-0.1, -0.05) is 42.5 Å². The molecule has 1 heterocycles. The molecule has 5 heteroatoms. The summed E-state index contributed by atoms with van der Waals surface area (Å²) in [6.45, 7) is 1.91. The van der Waals surface area contributed by atoms with Crippen molar-refractivity contribution in [2.24, 2.45) is 16.5 Å². The van der Waals surface area contributed by atoms with Crippen LogP contribution in [0.2, 0.25) is 0 Å². The fourth-order valence-electron chi connectivity index (χ4n) is 2.25. The molecule has 21 heavy (non-hydrogen) atoms. The lowest BCUT2D eigenvalue weighted by molar-refractivity contribution is 1.12. The highest BCUT2D eigenvalue weighted by Crippen LogP contribution is 2.25. The molecule has 0 fully saturated rings. The van der Waals surface area contributed by atoms with Gasteiger partial charge in [-0.05, 0) is 24.1 Å². The van der Waals surface area contributed by atoms with E-state index < -0.39 is 0 Å². The van der Waals surface area contributed by atoms with Crippen LogP contribution in [0.1, 0.15) is 5.69 Å². The summed E-state index contributed by atoms with van der Waals surface area (Å²) in [4.78, 5) is 12.6. The minimum atomic E-state index is -0.0482. The molecule has 0 amide bonds. The molecule has 0 saturated heterocycles. The van der Waals surface area contributed by atoms with Gasteiger partial charge < -0.3 is 11.5 Å². The Morgan fingerprint density at radius 2 is 1.71 bits per heavy atom. The molecular formula is C16H15N5. The molecule has 0 aliphatic carbocycles. The van der Waals surface area contributed by atoms with E-state index in [1.54, 1.807) is 0 Å². The van der Waals surface area contributed by atoms with Crippen LogP contribution < -0.4 is 11.5 Å². The lowest BCUT2D eigenvalue weighted by Crippen LogP contribution is -2.22. The van der Waals surface area contributed by atoms with Crippen LogP contribution in [0.15, 0.2) is 53.5 Å². The number of guanidine groups is 1. The molecule has 0 aliphatic rings. The van der Waals surface area contributed by atoms with Gasteiger partial charge in [-0.2, -0.15) is 4.99 Å². The number of benzene rings is 2. The molecule has 5 nitrogen and oxygen atoms in total. The fourth-order valence-corrected chi connectivity index (χ4v) is 2.25. The lowest BCUT2D eigenvalue weighted by atomic mass is 10.0. The van der Waals surface area contributed by atoms with Crippen LogP contribution >= 0.6 is 0 Å². The number of rotatable bonds is 2. The van der Waals surface area contributed by atoms with Crippen LogP contribution in [0, 0.1) is 6.92 Å². The third-order valence-electron chi connectivity index (χ3n) is 3.21. The number of aromatic nitrogens is 2. The normalized spacial score (nSPS) is 10.5. The van der Waals surface area contributed by atoms with E-state index in [0.717, 1.165) is 27.7 Å². The molecule has 0 radical (unpaired) electrons. The molecule has 104 valence electrons. The summed E-state index contributed by atoms with van der Waals surface area (Å²) in [5.41, 5.74) is 14.7. The van der Waals surface area contributed by atoms with Crippen molar-refractivity contribution >= 4 is 22.8 Å². The Kier molecular flexibility index (Phi) is 3.23. The summed E-state index contributed by atoms with van der Waals surface area (Å²) < 4.78 is 0. The molecule has 0 atom stereocenters. The number of aryl methyl sites for hydroxylation is 1. The van der Waals surface area contributed by atoms with Crippen molar-refractivity contribution in [1.29, 1.82) is 0 Å². The molecule has 0 unspecified atom stereocenters. The Bertz CT molecular complexity index is 821. The summed E-state index contributed by atoms with van der Waals surface area (Å²) in [5.74, 6) is 0.234. The predicted molar refractivity (Wildman–Crippen MR) is 85.2 cm³/mol. The van der Waals surface area contributed by atoms with E-state index in [4.69, 9.17) is 11.5 Å². The minimum Gasteiger partial charge on any atom is -0.370 e. The van der Waals surface area contributed by atoms with E-state index in [2.05, 4.69) is 33.2 Å². The monoisotopic (exact) mass is 277 g/mol. The molecule has 2 aromatic carbocycles. The highest BCUT2D eigenvalue weighted by atomic mass is 15.1. The zero-order chi connectivity index (χ0) is 14.8. The van der Waals surface area contributed by atoms with Crippen molar-refractivity contribution in [1.82, 2.24) is 9.97 Å². The van der Waals surface area contributed by atoms with Crippen molar-refractivity contribution in [3.05, 3.63) is 54.2 Å². The van der Waals surface area contributed by atoms with E-state index in [1.165, 1.54) is 0 Å². The van der Waals surface area contributed by atoms with Crippen LogP contribution in [-0.2, 0) is 0 Å². The second-order valence-electron chi connectivity index (χ2n) is 4.74. The van der Waals surface area contributed by atoms with Gasteiger partial charge in [-0.25, -0.2) is 9.97 Å². The van der Waals surface area contributed by atoms with Crippen LogP contribution in [0.5, 0.6) is 0 Å². The fraction of sp³-hybridized carbons (Fsp3) is 0.0625. The van der Waals surface area contributed by atoms with Gasteiger partial charge in [0.05, 0.1) is 11.2 Å². The minimum absolute atomic E-state index is 0.0482.